The third-order valence-electron chi connectivity index (χ3n) is 5.67. The standard InChI is InChI=1S/C22H26FNO4S/c23-18-5-10-21(24-14-18)16-3-6-19(7-4-16)28-15-22-17(2-1-12-27-22)11-13-29(25,26)20-8-9-20/h3-7,10,14,17,20,22H,1-2,8-9,11-13,15H2/t17?,22-/m1/s1. The van der Waals surface area contributed by atoms with Gasteiger partial charge in [0.2, 0.25) is 0 Å². The number of ether oxygens (including phenoxy) is 2. The number of nitrogens with zero attached hydrogens (tertiary/aromatic N) is 1. The summed E-state index contributed by atoms with van der Waals surface area (Å²) in [6.45, 7) is 1.09. The van der Waals surface area contributed by atoms with Crippen molar-refractivity contribution in [2.75, 3.05) is 19.0 Å². The molecule has 0 N–H and O–H groups in total. The van der Waals surface area contributed by atoms with Crippen LogP contribution in [0.3, 0.4) is 0 Å². The van der Waals surface area contributed by atoms with Gasteiger partial charge in [-0.05, 0) is 74.4 Å². The Morgan fingerprint density at radius 2 is 1.90 bits per heavy atom. The molecule has 0 spiro atoms. The Morgan fingerprint density at radius 3 is 2.59 bits per heavy atom. The molecule has 1 unspecified atom stereocenters. The summed E-state index contributed by atoms with van der Waals surface area (Å²) in [5, 5.41) is -0.101. The highest BCUT2D eigenvalue weighted by molar-refractivity contribution is 7.92. The van der Waals surface area contributed by atoms with Gasteiger partial charge in [-0.1, -0.05) is 0 Å². The van der Waals surface area contributed by atoms with Gasteiger partial charge in [0.25, 0.3) is 0 Å². The minimum Gasteiger partial charge on any atom is -0.491 e. The van der Waals surface area contributed by atoms with Crippen molar-refractivity contribution < 1.29 is 22.3 Å². The minimum atomic E-state index is -2.94. The van der Waals surface area contributed by atoms with E-state index in [2.05, 4.69) is 4.98 Å². The van der Waals surface area contributed by atoms with Gasteiger partial charge in [0.05, 0.1) is 29.0 Å². The Hall–Kier alpha value is -1.99. The normalized spacial score (nSPS) is 22.4. The average molecular weight is 420 g/mol. The molecule has 7 heteroatoms. The lowest BCUT2D eigenvalue weighted by molar-refractivity contribution is -0.0500. The van der Waals surface area contributed by atoms with Gasteiger partial charge in [0.15, 0.2) is 9.84 Å². The van der Waals surface area contributed by atoms with E-state index >= 15 is 0 Å². The Balaban J connectivity index is 1.32. The van der Waals surface area contributed by atoms with Crippen molar-refractivity contribution in [1.82, 2.24) is 4.98 Å². The topological polar surface area (TPSA) is 65.5 Å². The first-order chi connectivity index (χ1) is 14.0. The molecule has 4 rings (SSSR count). The fraction of sp³-hybridized carbons (Fsp3) is 0.500. The first kappa shape index (κ1) is 20.3. The zero-order valence-corrected chi connectivity index (χ0v) is 17.1. The zero-order chi connectivity index (χ0) is 20.3. The Labute approximate surface area is 171 Å². The number of benzene rings is 1. The number of hydrogen-bond donors (Lipinski definition) is 0. The van der Waals surface area contributed by atoms with Crippen LogP contribution in [0.5, 0.6) is 5.75 Å². The number of pyridine rings is 1. The minimum absolute atomic E-state index is 0.0865. The molecule has 2 aromatic rings. The summed E-state index contributed by atoms with van der Waals surface area (Å²) in [6.07, 6.45) is 5.33. The second-order valence-electron chi connectivity index (χ2n) is 7.86. The van der Waals surface area contributed by atoms with E-state index in [0.29, 0.717) is 25.3 Å². The van der Waals surface area contributed by atoms with Gasteiger partial charge in [0, 0.05) is 12.2 Å². The van der Waals surface area contributed by atoms with Crippen LogP contribution < -0.4 is 4.74 Å². The molecule has 29 heavy (non-hydrogen) atoms. The van der Waals surface area contributed by atoms with Gasteiger partial charge < -0.3 is 9.47 Å². The molecule has 1 saturated carbocycles. The second-order valence-corrected chi connectivity index (χ2v) is 10.3. The molecule has 2 fully saturated rings. The van der Waals surface area contributed by atoms with E-state index < -0.39 is 9.84 Å². The average Bonchev–Trinajstić information content (AvgIpc) is 3.59. The molecule has 5 nitrogen and oxygen atoms in total. The van der Waals surface area contributed by atoms with Crippen LogP contribution in [0.4, 0.5) is 4.39 Å². The summed E-state index contributed by atoms with van der Waals surface area (Å²) in [5.74, 6) is 0.816. The Bertz CT molecular complexity index is 911. The largest absolute Gasteiger partial charge is 0.491 e. The van der Waals surface area contributed by atoms with Crippen LogP contribution in [0.15, 0.2) is 42.6 Å². The molecule has 0 amide bonds. The molecule has 0 radical (unpaired) electrons. The maximum atomic E-state index is 13.0. The quantitative estimate of drug-likeness (QED) is 0.646. The molecule has 1 aromatic heterocycles. The van der Waals surface area contributed by atoms with E-state index in [1.165, 1.54) is 12.3 Å². The maximum absolute atomic E-state index is 13.0. The Kier molecular flexibility index (Phi) is 6.15. The third kappa shape index (κ3) is 5.34. The number of rotatable bonds is 8. The van der Waals surface area contributed by atoms with Crippen LogP contribution in [-0.4, -0.2) is 43.7 Å². The molecule has 1 aliphatic heterocycles. The van der Waals surface area contributed by atoms with Crippen molar-refractivity contribution >= 4 is 9.84 Å². The predicted molar refractivity (Wildman–Crippen MR) is 109 cm³/mol. The fourth-order valence-electron chi connectivity index (χ4n) is 3.77. The third-order valence-corrected chi connectivity index (χ3v) is 7.97. The van der Waals surface area contributed by atoms with Crippen LogP contribution in [-0.2, 0) is 14.6 Å². The van der Waals surface area contributed by atoms with E-state index in [1.54, 1.807) is 6.07 Å². The number of halogens is 1. The van der Waals surface area contributed by atoms with Crippen molar-refractivity contribution in [3.63, 3.8) is 0 Å². The van der Waals surface area contributed by atoms with E-state index in [4.69, 9.17) is 9.47 Å². The van der Waals surface area contributed by atoms with Crippen LogP contribution in [0.1, 0.15) is 32.1 Å². The van der Waals surface area contributed by atoms with Crippen LogP contribution in [0.25, 0.3) is 11.3 Å². The first-order valence-electron chi connectivity index (χ1n) is 10.2. The van der Waals surface area contributed by atoms with Crippen molar-refractivity contribution in [2.45, 2.75) is 43.5 Å². The monoisotopic (exact) mass is 419 g/mol. The van der Waals surface area contributed by atoms with E-state index in [-0.39, 0.29) is 28.8 Å². The summed E-state index contributed by atoms with van der Waals surface area (Å²) >= 11 is 0. The molecule has 2 aliphatic rings. The molecule has 1 aromatic carbocycles. The maximum Gasteiger partial charge on any atom is 0.153 e. The molecule has 1 aliphatic carbocycles. The SMILES string of the molecule is O=S(=O)(CCC1CCCO[C@@H]1COc1ccc(-c2ccc(F)cn2)cc1)C1CC1. The van der Waals surface area contributed by atoms with Gasteiger partial charge >= 0.3 is 0 Å². The van der Waals surface area contributed by atoms with Crippen molar-refractivity contribution in [3.05, 3.63) is 48.4 Å². The van der Waals surface area contributed by atoms with Crippen LogP contribution >= 0.6 is 0 Å². The smallest absolute Gasteiger partial charge is 0.153 e. The summed E-state index contributed by atoms with van der Waals surface area (Å²) in [6, 6.07) is 10.5. The van der Waals surface area contributed by atoms with E-state index in [9.17, 15) is 12.8 Å². The summed E-state index contributed by atoms with van der Waals surface area (Å²) < 4.78 is 49.2. The van der Waals surface area contributed by atoms with Gasteiger partial charge in [-0.15, -0.1) is 0 Å². The lowest BCUT2D eigenvalue weighted by Crippen LogP contribution is -2.36. The van der Waals surface area contributed by atoms with Gasteiger partial charge in [-0.2, -0.15) is 0 Å². The van der Waals surface area contributed by atoms with Crippen molar-refractivity contribution in [1.29, 1.82) is 0 Å². The molecular weight excluding hydrogens is 393 g/mol. The molecule has 1 saturated heterocycles. The van der Waals surface area contributed by atoms with E-state index in [0.717, 1.165) is 37.0 Å². The molecule has 0 bridgehead atoms. The number of aromatic nitrogens is 1. The highest BCUT2D eigenvalue weighted by Gasteiger charge is 2.36. The molecular formula is C22H26FNO4S. The predicted octanol–water partition coefficient (Wildman–Crippen LogP) is 4.03. The van der Waals surface area contributed by atoms with Crippen LogP contribution in [0, 0.1) is 11.7 Å². The van der Waals surface area contributed by atoms with Crippen molar-refractivity contribution in [2.24, 2.45) is 5.92 Å². The summed E-state index contributed by atoms with van der Waals surface area (Å²) in [7, 11) is -2.94. The van der Waals surface area contributed by atoms with Crippen molar-refractivity contribution in [3.8, 4) is 17.0 Å². The highest BCUT2D eigenvalue weighted by Crippen LogP contribution is 2.32. The molecule has 2 heterocycles. The highest BCUT2D eigenvalue weighted by atomic mass is 32.2. The second kappa shape index (κ2) is 8.79. The zero-order valence-electron chi connectivity index (χ0n) is 16.3. The summed E-state index contributed by atoms with van der Waals surface area (Å²) in [4.78, 5) is 4.08. The number of hydrogen-bond acceptors (Lipinski definition) is 5. The first-order valence-corrected chi connectivity index (χ1v) is 11.9. The van der Waals surface area contributed by atoms with E-state index in [1.807, 2.05) is 24.3 Å². The van der Waals surface area contributed by atoms with Crippen LogP contribution in [0.2, 0.25) is 0 Å². The van der Waals surface area contributed by atoms with Gasteiger partial charge in [-0.25, -0.2) is 12.8 Å². The number of sulfone groups is 1. The van der Waals surface area contributed by atoms with Gasteiger partial charge in [-0.3, -0.25) is 4.98 Å². The van der Waals surface area contributed by atoms with Gasteiger partial charge in [0.1, 0.15) is 18.2 Å². The molecule has 156 valence electrons. The summed E-state index contributed by atoms with van der Waals surface area (Å²) in [5.41, 5.74) is 1.58. The lowest BCUT2D eigenvalue weighted by Gasteiger charge is -2.31. The Morgan fingerprint density at radius 1 is 1.10 bits per heavy atom. The molecule has 2 atom stereocenters. The fourth-order valence-corrected chi connectivity index (χ4v) is 5.59. The lowest BCUT2D eigenvalue weighted by atomic mass is 9.92.